The van der Waals surface area contributed by atoms with Crippen LogP contribution in [0.2, 0.25) is 0 Å². The molecule has 0 aliphatic rings. The normalized spacial score (nSPS) is 11.7. The summed E-state index contributed by atoms with van der Waals surface area (Å²) in [4.78, 5) is 18.7. The van der Waals surface area contributed by atoms with Crippen LogP contribution >= 0.6 is 11.3 Å². The van der Waals surface area contributed by atoms with Crippen molar-refractivity contribution in [3.05, 3.63) is 4.88 Å². The molecule has 19 heavy (non-hydrogen) atoms. The second-order valence-corrected chi connectivity index (χ2v) is 5.39. The smallest absolute Gasteiger partial charge is 0.265 e. The second-order valence-electron chi connectivity index (χ2n) is 4.42. The molecule has 1 heterocycles. The quantitative estimate of drug-likeness (QED) is 0.778. The van der Waals surface area contributed by atoms with Gasteiger partial charge in [0.25, 0.3) is 5.91 Å². The maximum atomic E-state index is 12.0. The zero-order valence-electron chi connectivity index (χ0n) is 11.6. The van der Waals surface area contributed by atoms with Gasteiger partial charge in [0.15, 0.2) is 5.13 Å². The number of amides is 1. The molecular weight excluding hydrogens is 260 g/mol. The first-order valence-electron chi connectivity index (χ1n) is 6.21. The molecule has 5 nitrogen and oxygen atoms in total. The first kappa shape index (κ1) is 15.3. The number of anilines is 2. The van der Waals surface area contributed by atoms with Crippen molar-refractivity contribution >= 4 is 28.2 Å². The standard InChI is InChI=1S/C13H20N4OS/c1-5-7-9(3)15-12(18)10-11(14)16-13(19-10)17(4)8-6-2/h1,9H,6-8,14H2,2-4H3,(H,15,18). The van der Waals surface area contributed by atoms with Gasteiger partial charge in [0.1, 0.15) is 10.7 Å². The van der Waals surface area contributed by atoms with Crippen LogP contribution in [0.15, 0.2) is 0 Å². The van der Waals surface area contributed by atoms with Crippen molar-refractivity contribution in [2.75, 3.05) is 24.2 Å². The van der Waals surface area contributed by atoms with Gasteiger partial charge in [-0.3, -0.25) is 4.79 Å². The van der Waals surface area contributed by atoms with Crippen LogP contribution in [0.5, 0.6) is 0 Å². The fourth-order valence-corrected chi connectivity index (χ4v) is 2.47. The maximum Gasteiger partial charge on any atom is 0.265 e. The average molecular weight is 280 g/mol. The van der Waals surface area contributed by atoms with Crippen LogP contribution in [-0.4, -0.2) is 30.5 Å². The summed E-state index contributed by atoms with van der Waals surface area (Å²) < 4.78 is 0. The van der Waals surface area contributed by atoms with Crippen LogP contribution in [0.4, 0.5) is 10.9 Å². The van der Waals surface area contributed by atoms with Crippen LogP contribution in [0.25, 0.3) is 0 Å². The minimum Gasteiger partial charge on any atom is -0.382 e. The van der Waals surface area contributed by atoms with E-state index in [-0.39, 0.29) is 17.8 Å². The molecule has 1 rings (SSSR count). The van der Waals surface area contributed by atoms with Gasteiger partial charge < -0.3 is 16.0 Å². The van der Waals surface area contributed by atoms with Gasteiger partial charge in [-0.25, -0.2) is 4.98 Å². The highest BCUT2D eigenvalue weighted by Crippen LogP contribution is 2.27. The fourth-order valence-electron chi connectivity index (χ4n) is 1.59. The minimum absolute atomic E-state index is 0.0733. The highest BCUT2D eigenvalue weighted by Gasteiger charge is 2.19. The largest absolute Gasteiger partial charge is 0.382 e. The van der Waals surface area contributed by atoms with Crippen molar-refractivity contribution in [1.82, 2.24) is 10.3 Å². The van der Waals surface area contributed by atoms with E-state index in [1.807, 2.05) is 18.9 Å². The zero-order chi connectivity index (χ0) is 14.4. The molecule has 0 saturated carbocycles. The number of carbonyl (C=O) groups is 1. The Kier molecular flexibility index (Phi) is 5.64. The van der Waals surface area contributed by atoms with Crippen LogP contribution in [0.3, 0.4) is 0 Å². The van der Waals surface area contributed by atoms with Crippen molar-refractivity contribution in [3.63, 3.8) is 0 Å². The van der Waals surface area contributed by atoms with E-state index < -0.39 is 0 Å². The number of terminal acetylenes is 1. The first-order valence-corrected chi connectivity index (χ1v) is 7.03. The Hall–Kier alpha value is -1.74. The molecule has 0 fully saturated rings. The number of nitrogens with one attached hydrogen (secondary N) is 1. The number of nitrogens with two attached hydrogens (primary N) is 1. The molecule has 0 saturated heterocycles. The zero-order valence-corrected chi connectivity index (χ0v) is 12.4. The lowest BCUT2D eigenvalue weighted by Gasteiger charge is -2.13. The number of nitrogens with zero attached hydrogens (tertiary/aromatic N) is 2. The van der Waals surface area contributed by atoms with E-state index in [0.717, 1.165) is 18.1 Å². The molecule has 1 amide bonds. The molecular formula is C13H20N4OS. The predicted molar refractivity (Wildman–Crippen MR) is 80.5 cm³/mol. The third-order valence-corrected chi connectivity index (χ3v) is 3.72. The lowest BCUT2D eigenvalue weighted by molar-refractivity contribution is 0.0945. The van der Waals surface area contributed by atoms with Gasteiger partial charge in [0.2, 0.25) is 0 Å². The van der Waals surface area contributed by atoms with Gasteiger partial charge >= 0.3 is 0 Å². The van der Waals surface area contributed by atoms with Crippen molar-refractivity contribution in [2.24, 2.45) is 0 Å². The molecule has 3 N–H and O–H groups in total. The average Bonchev–Trinajstić information content (AvgIpc) is 2.72. The van der Waals surface area contributed by atoms with E-state index in [9.17, 15) is 4.79 Å². The number of aromatic nitrogens is 1. The highest BCUT2D eigenvalue weighted by molar-refractivity contribution is 7.18. The lowest BCUT2D eigenvalue weighted by atomic mass is 10.2. The monoisotopic (exact) mass is 280 g/mol. The Morgan fingerprint density at radius 2 is 2.37 bits per heavy atom. The number of thiazole rings is 1. The van der Waals surface area contributed by atoms with Gasteiger partial charge in [-0.05, 0) is 13.3 Å². The number of nitrogen functional groups attached to an aromatic ring is 1. The maximum absolute atomic E-state index is 12.0. The van der Waals surface area contributed by atoms with Crippen LogP contribution < -0.4 is 16.0 Å². The Morgan fingerprint density at radius 3 is 2.95 bits per heavy atom. The molecule has 0 aliphatic carbocycles. The SMILES string of the molecule is C#CCC(C)NC(=O)c1sc(N(C)CCC)nc1N. The third kappa shape index (κ3) is 4.14. The van der Waals surface area contributed by atoms with E-state index in [4.69, 9.17) is 12.2 Å². The van der Waals surface area contributed by atoms with E-state index in [2.05, 4.69) is 23.1 Å². The molecule has 6 heteroatoms. The topological polar surface area (TPSA) is 71.2 Å². The van der Waals surface area contributed by atoms with Crippen molar-refractivity contribution in [3.8, 4) is 12.3 Å². The molecule has 0 radical (unpaired) electrons. The second kappa shape index (κ2) is 7.00. The molecule has 0 spiro atoms. The molecule has 0 aromatic carbocycles. The van der Waals surface area contributed by atoms with Gasteiger partial charge in [0, 0.05) is 26.1 Å². The fraction of sp³-hybridized carbons (Fsp3) is 0.538. The Balaban J connectivity index is 2.78. The molecule has 1 unspecified atom stereocenters. The van der Waals surface area contributed by atoms with Gasteiger partial charge in [-0.1, -0.05) is 18.3 Å². The first-order chi connectivity index (χ1) is 8.99. The minimum atomic E-state index is -0.214. The van der Waals surface area contributed by atoms with E-state index >= 15 is 0 Å². The summed E-state index contributed by atoms with van der Waals surface area (Å²) in [7, 11) is 1.93. The summed E-state index contributed by atoms with van der Waals surface area (Å²) in [6.07, 6.45) is 6.71. The highest BCUT2D eigenvalue weighted by atomic mass is 32.1. The number of hydrogen-bond acceptors (Lipinski definition) is 5. The Morgan fingerprint density at radius 1 is 1.68 bits per heavy atom. The molecule has 1 aromatic heterocycles. The van der Waals surface area contributed by atoms with Crippen molar-refractivity contribution in [1.29, 1.82) is 0 Å². The molecule has 0 aliphatic heterocycles. The third-order valence-electron chi connectivity index (χ3n) is 2.54. The summed E-state index contributed by atoms with van der Waals surface area (Å²) in [6, 6.07) is -0.0733. The lowest BCUT2D eigenvalue weighted by Crippen LogP contribution is -2.32. The Labute approximate surface area is 118 Å². The molecule has 104 valence electrons. The summed E-state index contributed by atoms with van der Waals surface area (Å²) in [6.45, 7) is 4.82. The van der Waals surface area contributed by atoms with Gasteiger partial charge in [0.05, 0.1) is 0 Å². The molecule has 0 bridgehead atoms. The number of rotatable bonds is 6. The van der Waals surface area contributed by atoms with Gasteiger partial charge in [-0.2, -0.15) is 0 Å². The van der Waals surface area contributed by atoms with Crippen LogP contribution in [-0.2, 0) is 0 Å². The molecule has 1 aromatic rings. The summed E-state index contributed by atoms with van der Waals surface area (Å²) >= 11 is 1.30. The summed E-state index contributed by atoms with van der Waals surface area (Å²) in [5.74, 6) is 2.57. The number of hydrogen-bond donors (Lipinski definition) is 2. The predicted octanol–water partition coefficient (Wildman–Crippen LogP) is 1.71. The molecule has 1 atom stereocenters. The number of carbonyl (C=O) groups excluding carboxylic acids is 1. The van der Waals surface area contributed by atoms with E-state index in [1.54, 1.807) is 0 Å². The van der Waals surface area contributed by atoms with E-state index in [1.165, 1.54) is 11.3 Å². The Bertz CT molecular complexity index is 477. The summed E-state index contributed by atoms with van der Waals surface area (Å²) in [5.41, 5.74) is 5.80. The van der Waals surface area contributed by atoms with Crippen LogP contribution in [0.1, 0.15) is 36.4 Å². The van der Waals surface area contributed by atoms with Crippen molar-refractivity contribution in [2.45, 2.75) is 32.7 Å². The van der Waals surface area contributed by atoms with Crippen molar-refractivity contribution < 1.29 is 4.79 Å². The summed E-state index contributed by atoms with van der Waals surface area (Å²) in [5, 5.41) is 3.57. The van der Waals surface area contributed by atoms with E-state index in [0.29, 0.717) is 11.3 Å². The van der Waals surface area contributed by atoms with Gasteiger partial charge in [-0.15, -0.1) is 12.3 Å². The van der Waals surface area contributed by atoms with Crippen LogP contribution in [0, 0.1) is 12.3 Å².